The molecule has 2 atom stereocenters. The Morgan fingerprint density at radius 1 is 1.35 bits per heavy atom. The van der Waals surface area contributed by atoms with Gasteiger partial charge in [0.2, 0.25) is 0 Å². The van der Waals surface area contributed by atoms with Gasteiger partial charge in [-0.15, -0.1) is 0 Å². The van der Waals surface area contributed by atoms with Gasteiger partial charge >= 0.3 is 11.9 Å². The number of benzene rings is 1. The van der Waals surface area contributed by atoms with Gasteiger partial charge < -0.3 is 15.9 Å². The third-order valence-corrected chi connectivity index (χ3v) is 2.44. The summed E-state index contributed by atoms with van der Waals surface area (Å²) in [5.41, 5.74) is 5.62. The molecule has 0 spiro atoms. The fraction of sp³-hybridized carbons (Fsp3) is 0.364. The van der Waals surface area contributed by atoms with Crippen molar-refractivity contribution in [3.05, 3.63) is 35.4 Å². The Morgan fingerprint density at radius 3 is 2.24 bits per heavy atom. The summed E-state index contributed by atoms with van der Waals surface area (Å²) in [5.74, 6) is -5.79. The van der Waals surface area contributed by atoms with E-state index < -0.39 is 24.0 Å². The molecule has 0 aliphatic heterocycles. The minimum Gasteiger partial charge on any atom is -0.480 e. The number of aliphatic hydroxyl groups excluding tert-OH is 1. The average molecular weight is 245 g/mol. The molecule has 0 saturated carbocycles. The smallest absolute Gasteiger partial charge is 0.326 e. The van der Waals surface area contributed by atoms with Crippen LogP contribution >= 0.6 is 0 Å². The van der Waals surface area contributed by atoms with E-state index >= 15 is 0 Å². The van der Waals surface area contributed by atoms with Crippen LogP contribution in [0.1, 0.15) is 17.2 Å². The predicted molar refractivity (Wildman–Crippen MR) is 56.7 cm³/mol. The first-order chi connectivity index (χ1) is 7.76. The quantitative estimate of drug-likeness (QED) is 0.741. The topological polar surface area (TPSA) is 83.5 Å². The molecule has 1 aromatic carbocycles. The van der Waals surface area contributed by atoms with Gasteiger partial charge in [-0.05, 0) is 12.5 Å². The van der Waals surface area contributed by atoms with Gasteiger partial charge in [0.1, 0.15) is 6.10 Å². The SMILES string of the molecule is Cc1ccc([C@H](O)C(F)(F)[C@@H](N)C(=O)O)cc1. The highest BCUT2D eigenvalue weighted by Gasteiger charge is 2.49. The number of nitrogens with two attached hydrogens (primary N) is 1. The van der Waals surface area contributed by atoms with E-state index in [1.165, 1.54) is 12.1 Å². The molecule has 0 saturated heterocycles. The lowest BCUT2D eigenvalue weighted by atomic mass is 9.97. The standard InChI is InChI=1S/C11H13F2NO3/c1-6-2-4-7(5-3-6)9(15)11(12,13)8(14)10(16)17/h2-5,8-9,15H,14H2,1H3,(H,16,17)/t8-,9-/m0/s1. The molecule has 94 valence electrons. The highest BCUT2D eigenvalue weighted by atomic mass is 19.3. The van der Waals surface area contributed by atoms with Gasteiger partial charge in [0, 0.05) is 0 Å². The lowest BCUT2D eigenvalue weighted by Crippen LogP contribution is -2.50. The largest absolute Gasteiger partial charge is 0.480 e. The van der Waals surface area contributed by atoms with Crippen molar-refractivity contribution in [1.29, 1.82) is 0 Å². The van der Waals surface area contributed by atoms with Crippen LogP contribution in [0, 0.1) is 6.92 Å². The van der Waals surface area contributed by atoms with E-state index in [1.54, 1.807) is 19.1 Å². The molecule has 0 unspecified atom stereocenters. The monoisotopic (exact) mass is 245 g/mol. The third kappa shape index (κ3) is 2.78. The van der Waals surface area contributed by atoms with Gasteiger partial charge in [0.05, 0.1) is 0 Å². The number of carboxylic acids is 1. The second-order valence-corrected chi connectivity index (χ2v) is 3.80. The molecule has 0 heterocycles. The number of hydrogen-bond donors (Lipinski definition) is 3. The lowest BCUT2D eigenvalue weighted by molar-refractivity contribution is -0.164. The van der Waals surface area contributed by atoms with Crippen LogP contribution in [0.25, 0.3) is 0 Å². The Morgan fingerprint density at radius 2 is 1.82 bits per heavy atom. The average Bonchev–Trinajstić information content (AvgIpc) is 2.27. The number of aliphatic carboxylic acids is 1. The Hall–Kier alpha value is -1.53. The minimum atomic E-state index is -3.93. The van der Waals surface area contributed by atoms with Gasteiger partial charge in [0.25, 0.3) is 0 Å². The molecule has 0 aliphatic carbocycles. The van der Waals surface area contributed by atoms with Crippen LogP contribution in [0.2, 0.25) is 0 Å². The summed E-state index contributed by atoms with van der Waals surface area (Å²) in [7, 11) is 0. The highest BCUT2D eigenvalue weighted by molar-refractivity contribution is 5.74. The van der Waals surface area contributed by atoms with Crippen molar-refractivity contribution in [1.82, 2.24) is 0 Å². The molecular formula is C11H13F2NO3. The van der Waals surface area contributed by atoms with E-state index in [4.69, 9.17) is 10.8 Å². The number of rotatable bonds is 4. The molecule has 4 N–H and O–H groups in total. The van der Waals surface area contributed by atoms with Crippen molar-refractivity contribution in [3.63, 3.8) is 0 Å². The van der Waals surface area contributed by atoms with Crippen LogP contribution in [0.15, 0.2) is 24.3 Å². The number of carbonyl (C=O) groups is 1. The molecule has 0 bridgehead atoms. The first-order valence-electron chi connectivity index (χ1n) is 4.87. The van der Waals surface area contributed by atoms with Gasteiger partial charge in [-0.25, -0.2) is 8.78 Å². The van der Waals surface area contributed by atoms with Crippen molar-refractivity contribution in [2.24, 2.45) is 5.73 Å². The number of alkyl halides is 2. The summed E-state index contributed by atoms with van der Waals surface area (Å²) in [4.78, 5) is 10.4. The highest BCUT2D eigenvalue weighted by Crippen LogP contribution is 2.33. The zero-order valence-electron chi connectivity index (χ0n) is 9.10. The van der Waals surface area contributed by atoms with Gasteiger partial charge in [-0.2, -0.15) is 0 Å². The summed E-state index contributed by atoms with van der Waals surface area (Å²) in [5, 5.41) is 17.9. The molecular weight excluding hydrogens is 232 g/mol. The normalized spacial score (nSPS) is 15.4. The lowest BCUT2D eigenvalue weighted by Gasteiger charge is -2.25. The van der Waals surface area contributed by atoms with Crippen LogP contribution < -0.4 is 5.73 Å². The summed E-state index contributed by atoms with van der Waals surface area (Å²) in [6.07, 6.45) is -2.24. The summed E-state index contributed by atoms with van der Waals surface area (Å²) in [6.45, 7) is 1.76. The molecule has 0 amide bonds. The second kappa shape index (κ2) is 4.77. The van der Waals surface area contributed by atoms with Crippen LogP contribution in [-0.2, 0) is 4.79 Å². The fourth-order valence-electron chi connectivity index (χ4n) is 1.31. The van der Waals surface area contributed by atoms with Gasteiger partial charge in [0.15, 0.2) is 6.04 Å². The van der Waals surface area contributed by atoms with Crippen LogP contribution in [0.4, 0.5) is 8.78 Å². The van der Waals surface area contributed by atoms with Crippen molar-refractivity contribution >= 4 is 5.97 Å². The van der Waals surface area contributed by atoms with E-state index in [9.17, 15) is 18.7 Å². The Bertz CT molecular complexity index is 406. The number of halogens is 2. The maximum absolute atomic E-state index is 13.5. The number of aliphatic hydroxyl groups is 1. The van der Waals surface area contributed by atoms with Crippen LogP contribution in [0.3, 0.4) is 0 Å². The maximum atomic E-state index is 13.5. The molecule has 0 aromatic heterocycles. The second-order valence-electron chi connectivity index (χ2n) is 3.80. The minimum absolute atomic E-state index is 0.0719. The first kappa shape index (κ1) is 13.5. The van der Waals surface area contributed by atoms with E-state index in [-0.39, 0.29) is 5.56 Å². The molecule has 0 radical (unpaired) electrons. The number of carboxylic acid groups (broad SMARTS) is 1. The summed E-state index contributed by atoms with van der Waals surface area (Å²) >= 11 is 0. The third-order valence-electron chi connectivity index (χ3n) is 2.44. The molecule has 4 nitrogen and oxygen atoms in total. The van der Waals surface area contributed by atoms with Crippen molar-refractivity contribution in [2.45, 2.75) is 25.0 Å². The van der Waals surface area contributed by atoms with Crippen LogP contribution in [-0.4, -0.2) is 28.1 Å². The predicted octanol–water partition coefficient (Wildman–Crippen LogP) is 1.08. The summed E-state index contributed by atoms with van der Waals surface area (Å²) < 4.78 is 27.0. The van der Waals surface area contributed by atoms with Crippen molar-refractivity contribution < 1.29 is 23.8 Å². The zero-order chi connectivity index (χ0) is 13.2. The molecule has 17 heavy (non-hydrogen) atoms. The van der Waals surface area contributed by atoms with E-state index in [0.29, 0.717) is 0 Å². The molecule has 6 heteroatoms. The van der Waals surface area contributed by atoms with Crippen molar-refractivity contribution in [2.75, 3.05) is 0 Å². The number of aryl methyl sites for hydroxylation is 1. The van der Waals surface area contributed by atoms with Crippen LogP contribution in [0.5, 0.6) is 0 Å². The van der Waals surface area contributed by atoms with Gasteiger partial charge in [-0.1, -0.05) is 29.8 Å². The Kier molecular flexibility index (Phi) is 3.79. The Balaban J connectivity index is 2.99. The zero-order valence-corrected chi connectivity index (χ0v) is 9.10. The molecule has 0 fully saturated rings. The van der Waals surface area contributed by atoms with E-state index in [2.05, 4.69) is 0 Å². The Labute approximate surface area is 96.7 Å². The first-order valence-corrected chi connectivity index (χ1v) is 4.87. The van der Waals surface area contributed by atoms with Crippen molar-refractivity contribution in [3.8, 4) is 0 Å². The number of hydrogen-bond acceptors (Lipinski definition) is 3. The fourth-order valence-corrected chi connectivity index (χ4v) is 1.31. The molecule has 0 aliphatic rings. The summed E-state index contributed by atoms with van der Waals surface area (Å²) in [6, 6.07) is 3.26. The molecule has 1 rings (SSSR count). The molecule has 1 aromatic rings. The van der Waals surface area contributed by atoms with E-state index in [0.717, 1.165) is 5.56 Å². The van der Waals surface area contributed by atoms with E-state index in [1.807, 2.05) is 0 Å². The van der Waals surface area contributed by atoms with Gasteiger partial charge in [-0.3, -0.25) is 4.79 Å². The maximum Gasteiger partial charge on any atom is 0.326 e.